The molecule has 0 saturated heterocycles. The van der Waals surface area contributed by atoms with Gasteiger partial charge in [0.1, 0.15) is 18.6 Å². The average Bonchev–Trinajstić information content (AvgIpc) is 3.17. The van der Waals surface area contributed by atoms with E-state index in [1.165, 1.54) is 0 Å². The van der Waals surface area contributed by atoms with Gasteiger partial charge in [-0.25, -0.2) is 4.68 Å². The van der Waals surface area contributed by atoms with Crippen molar-refractivity contribution in [3.63, 3.8) is 0 Å². The summed E-state index contributed by atoms with van der Waals surface area (Å²) in [6.07, 6.45) is 5.30. The predicted octanol–water partition coefficient (Wildman–Crippen LogP) is 3.56. The summed E-state index contributed by atoms with van der Waals surface area (Å²) in [5.41, 5.74) is 2.93. The van der Waals surface area contributed by atoms with Gasteiger partial charge in [0.25, 0.3) is 0 Å². The Morgan fingerprint density at radius 3 is 2.71 bits per heavy atom. The monoisotopic (exact) mass is 283 g/mol. The number of hydrogen-bond acceptors (Lipinski definition) is 4. The van der Waals surface area contributed by atoms with Crippen LogP contribution in [0, 0.1) is 0 Å². The molecule has 0 saturated carbocycles. The summed E-state index contributed by atoms with van der Waals surface area (Å²) in [7, 11) is 0. The van der Waals surface area contributed by atoms with Gasteiger partial charge in [-0.15, -0.1) is 0 Å². The topological polar surface area (TPSA) is 53.1 Å². The van der Waals surface area contributed by atoms with Crippen molar-refractivity contribution >= 4 is 0 Å². The molecule has 108 valence electrons. The van der Waals surface area contributed by atoms with Gasteiger partial charge in [0.2, 0.25) is 0 Å². The normalized spacial score (nSPS) is 11.0. The third kappa shape index (κ3) is 2.97. The Balaban J connectivity index is 1.67. The highest BCUT2D eigenvalue weighted by molar-refractivity contribution is 5.36. The van der Waals surface area contributed by atoms with E-state index in [2.05, 4.69) is 24.1 Å². The van der Waals surface area contributed by atoms with Gasteiger partial charge in [0.15, 0.2) is 0 Å². The first kappa shape index (κ1) is 13.4. The molecule has 2 heterocycles. The molecule has 5 heteroatoms. The van der Waals surface area contributed by atoms with E-state index in [0.29, 0.717) is 12.5 Å². The Labute approximate surface area is 123 Å². The first-order valence-corrected chi connectivity index (χ1v) is 6.90. The van der Waals surface area contributed by atoms with Crippen LogP contribution in [0.5, 0.6) is 5.75 Å². The highest BCUT2D eigenvalue weighted by Gasteiger charge is 2.11. The summed E-state index contributed by atoms with van der Waals surface area (Å²) >= 11 is 0. The van der Waals surface area contributed by atoms with Crippen LogP contribution in [0.3, 0.4) is 0 Å². The second-order valence-corrected chi connectivity index (χ2v) is 5.11. The summed E-state index contributed by atoms with van der Waals surface area (Å²) in [6, 6.07) is 9.70. The molecule has 0 radical (unpaired) electrons. The maximum atomic E-state index is 5.78. The Morgan fingerprint density at radius 1 is 1.24 bits per heavy atom. The van der Waals surface area contributed by atoms with Crippen molar-refractivity contribution in [2.75, 3.05) is 0 Å². The molecule has 0 aliphatic heterocycles. The highest BCUT2D eigenvalue weighted by atomic mass is 16.5. The second kappa shape index (κ2) is 5.83. The Kier molecular flexibility index (Phi) is 3.73. The van der Waals surface area contributed by atoms with E-state index in [-0.39, 0.29) is 0 Å². The molecule has 3 rings (SSSR count). The number of rotatable bonds is 5. The SMILES string of the molecule is CC(C)c1nocc1COc1ccc(-n2cccn2)cc1. The summed E-state index contributed by atoms with van der Waals surface area (Å²) in [4.78, 5) is 0. The van der Waals surface area contributed by atoms with Gasteiger partial charge in [-0.05, 0) is 36.2 Å². The summed E-state index contributed by atoms with van der Waals surface area (Å²) in [5.74, 6) is 1.13. The van der Waals surface area contributed by atoms with Crippen LogP contribution in [0.4, 0.5) is 0 Å². The highest BCUT2D eigenvalue weighted by Crippen LogP contribution is 2.20. The van der Waals surface area contributed by atoms with Gasteiger partial charge in [0, 0.05) is 12.4 Å². The minimum Gasteiger partial charge on any atom is -0.489 e. The second-order valence-electron chi connectivity index (χ2n) is 5.11. The smallest absolute Gasteiger partial charge is 0.130 e. The summed E-state index contributed by atoms with van der Waals surface area (Å²) in [5, 5.41) is 8.20. The van der Waals surface area contributed by atoms with E-state index in [0.717, 1.165) is 22.7 Å². The number of ether oxygens (including phenoxy) is 1. The van der Waals surface area contributed by atoms with Crippen molar-refractivity contribution in [1.29, 1.82) is 0 Å². The first-order valence-electron chi connectivity index (χ1n) is 6.90. The quantitative estimate of drug-likeness (QED) is 0.718. The van der Waals surface area contributed by atoms with Crippen LogP contribution in [-0.2, 0) is 6.61 Å². The Bertz CT molecular complexity index is 685. The van der Waals surface area contributed by atoms with Crippen LogP contribution in [0.1, 0.15) is 31.0 Å². The fourth-order valence-corrected chi connectivity index (χ4v) is 2.13. The molecule has 0 spiro atoms. The molecule has 0 bridgehead atoms. The molecule has 0 atom stereocenters. The van der Waals surface area contributed by atoms with Crippen LogP contribution in [0.15, 0.2) is 53.5 Å². The summed E-state index contributed by atoms with van der Waals surface area (Å²) < 4.78 is 12.6. The molecule has 0 aliphatic rings. The maximum absolute atomic E-state index is 5.78. The lowest BCUT2D eigenvalue weighted by Crippen LogP contribution is -2.00. The molecule has 0 aliphatic carbocycles. The number of benzene rings is 1. The van der Waals surface area contributed by atoms with Crippen molar-refractivity contribution in [2.24, 2.45) is 0 Å². The van der Waals surface area contributed by atoms with Gasteiger partial charge in [0.05, 0.1) is 16.9 Å². The van der Waals surface area contributed by atoms with Crippen LogP contribution >= 0.6 is 0 Å². The van der Waals surface area contributed by atoms with Gasteiger partial charge < -0.3 is 9.26 Å². The standard InChI is InChI=1S/C16H17N3O2/c1-12(2)16-13(11-21-18-16)10-20-15-6-4-14(5-7-15)19-9-3-8-17-19/h3-9,11-12H,10H2,1-2H3. The molecule has 21 heavy (non-hydrogen) atoms. The molecular weight excluding hydrogens is 266 g/mol. The van der Waals surface area contributed by atoms with Gasteiger partial charge in [-0.2, -0.15) is 5.10 Å². The number of aromatic nitrogens is 3. The molecule has 0 unspecified atom stereocenters. The predicted molar refractivity (Wildman–Crippen MR) is 78.5 cm³/mol. The van der Waals surface area contributed by atoms with Crippen molar-refractivity contribution in [3.8, 4) is 11.4 Å². The largest absolute Gasteiger partial charge is 0.489 e. The molecule has 0 amide bonds. The lowest BCUT2D eigenvalue weighted by Gasteiger charge is -2.08. The van der Waals surface area contributed by atoms with Crippen LogP contribution < -0.4 is 4.74 Å². The lowest BCUT2D eigenvalue weighted by molar-refractivity contribution is 0.303. The fourth-order valence-electron chi connectivity index (χ4n) is 2.13. The Hall–Kier alpha value is -2.56. The van der Waals surface area contributed by atoms with E-state index in [9.17, 15) is 0 Å². The minimum absolute atomic E-state index is 0.324. The molecule has 2 aromatic heterocycles. The molecule has 0 fully saturated rings. The number of nitrogens with zero attached hydrogens (tertiary/aromatic N) is 3. The third-order valence-electron chi connectivity index (χ3n) is 3.22. The maximum Gasteiger partial charge on any atom is 0.130 e. The molecular formula is C16H17N3O2. The molecule has 0 N–H and O–H groups in total. The molecule has 1 aromatic carbocycles. The average molecular weight is 283 g/mol. The first-order chi connectivity index (χ1) is 10.2. The summed E-state index contributed by atoms with van der Waals surface area (Å²) in [6.45, 7) is 4.62. The minimum atomic E-state index is 0.324. The van der Waals surface area contributed by atoms with Crippen molar-refractivity contribution in [1.82, 2.24) is 14.9 Å². The Morgan fingerprint density at radius 2 is 2.05 bits per heavy atom. The van der Waals surface area contributed by atoms with Crippen LogP contribution in [0.2, 0.25) is 0 Å². The van der Waals surface area contributed by atoms with E-state index >= 15 is 0 Å². The van der Waals surface area contributed by atoms with Crippen LogP contribution in [-0.4, -0.2) is 14.9 Å². The van der Waals surface area contributed by atoms with E-state index in [1.54, 1.807) is 17.1 Å². The zero-order valence-electron chi connectivity index (χ0n) is 12.1. The molecule has 5 nitrogen and oxygen atoms in total. The van der Waals surface area contributed by atoms with E-state index < -0.39 is 0 Å². The third-order valence-corrected chi connectivity index (χ3v) is 3.22. The van der Waals surface area contributed by atoms with Gasteiger partial charge >= 0.3 is 0 Å². The number of hydrogen-bond donors (Lipinski definition) is 0. The molecule has 3 aromatic rings. The fraction of sp³-hybridized carbons (Fsp3) is 0.250. The van der Waals surface area contributed by atoms with Gasteiger partial charge in [-0.1, -0.05) is 19.0 Å². The van der Waals surface area contributed by atoms with Crippen molar-refractivity contribution in [3.05, 3.63) is 60.2 Å². The van der Waals surface area contributed by atoms with E-state index in [1.807, 2.05) is 36.5 Å². The van der Waals surface area contributed by atoms with Crippen molar-refractivity contribution < 1.29 is 9.26 Å². The van der Waals surface area contributed by atoms with Crippen LogP contribution in [0.25, 0.3) is 5.69 Å². The van der Waals surface area contributed by atoms with E-state index in [4.69, 9.17) is 9.26 Å². The zero-order chi connectivity index (χ0) is 14.7. The zero-order valence-corrected chi connectivity index (χ0v) is 12.1. The van der Waals surface area contributed by atoms with Crippen molar-refractivity contribution in [2.45, 2.75) is 26.4 Å². The van der Waals surface area contributed by atoms with Gasteiger partial charge in [-0.3, -0.25) is 0 Å². The lowest BCUT2D eigenvalue weighted by atomic mass is 10.1.